The Kier molecular flexibility index (Phi) is 4.84. The molecule has 3 nitrogen and oxygen atoms in total. The number of benzene rings is 1. The number of hydrogen-bond acceptors (Lipinski definition) is 2. The summed E-state index contributed by atoms with van der Waals surface area (Å²) in [4.78, 5) is 4.14. The SMILES string of the molecule is Cc1cccc(C)c1CNC(Cn1ccnc1)C(C)(C)C. The Morgan fingerprint density at radius 3 is 2.38 bits per heavy atom. The Morgan fingerprint density at radius 1 is 1.19 bits per heavy atom. The van der Waals surface area contributed by atoms with E-state index in [9.17, 15) is 0 Å². The van der Waals surface area contributed by atoms with Gasteiger partial charge in [0, 0.05) is 31.5 Å². The van der Waals surface area contributed by atoms with Gasteiger partial charge >= 0.3 is 0 Å². The molecule has 3 heteroatoms. The van der Waals surface area contributed by atoms with Crippen molar-refractivity contribution in [1.29, 1.82) is 0 Å². The Balaban J connectivity index is 2.09. The minimum Gasteiger partial charge on any atom is -0.336 e. The van der Waals surface area contributed by atoms with Crippen LogP contribution in [-0.2, 0) is 13.1 Å². The summed E-state index contributed by atoms with van der Waals surface area (Å²) in [5.74, 6) is 0. The molecule has 0 saturated carbocycles. The summed E-state index contributed by atoms with van der Waals surface area (Å²) in [6.07, 6.45) is 5.75. The zero-order chi connectivity index (χ0) is 15.5. The average molecular weight is 285 g/mol. The van der Waals surface area contributed by atoms with E-state index < -0.39 is 0 Å². The van der Waals surface area contributed by atoms with Gasteiger partial charge in [-0.3, -0.25) is 0 Å². The van der Waals surface area contributed by atoms with Crippen molar-refractivity contribution in [1.82, 2.24) is 14.9 Å². The highest BCUT2D eigenvalue weighted by Gasteiger charge is 2.24. The third kappa shape index (κ3) is 4.18. The lowest BCUT2D eigenvalue weighted by Gasteiger charge is -2.32. The van der Waals surface area contributed by atoms with Crippen LogP contribution >= 0.6 is 0 Å². The number of aryl methyl sites for hydroxylation is 2. The van der Waals surface area contributed by atoms with Crippen molar-refractivity contribution < 1.29 is 0 Å². The topological polar surface area (TPSA) is 29.9 Å². The molecule has 21 heavy (non-hydrogen) atoms. The summed E-state index contributed by atoms with van der Waals surface area (Å²) in [6.45, 7) is 13.1. The fourth-order valence-corrected chi connectivity index (χ4v) is 2.60. The molecule has 0 spiro atoms. The quantitative estimate of drug-likeness (QED) is 0.907. The highest BCUT2D eigenvalue weighted by atomic mass is 15.1. The van der Waals surface area contributed by atoms with Gasteiger partial charge in [-0.05, 0) is 36.0 Å². The molecule has 1 atom stereocenters. The van der Waals surface area contributed by atoms with Crippen molar-refractivity contribution in [3.63, 3.8) is 0 Å². The summed E-state index contributed by atoms with van der Waals surface area (Å²) in [7, 11) is 0. The zero-order valence-corrected chi connectivity index (χ0v) is 13.9. The average Bonchev–Trinajstić information content (AvgIpc) is 2.88. The Bertz CT molecular complexity index is 544. The maximum absolute atomic E-state index is 4.14. The molecule has 0 fully saturated rings. The summed E-state index contributed by atoms with van der Waals surface area (Å²) >= 11 is 0. The lowest BCUT2D eigenvalue weighted by atomic mass is 9.86. The molecule has 0 aliphatic carbocycles. The van der Waals surface area contributed by atoms with Crippen LogP contribution in [-0.4, -0.2) is 15.6 Å². The second-order valence-electron chi connectivity index (χ2n) is 6.93. The Morgan fingerprint density at radius 2 is 1.86 bits per heavy atom. The van der Waals surface area contributed by atoms with Crippen LogP contribution in [0.2, 0.25) is 0 Å². The molecule has 1 N–H and O–H groups in total. The summed E-state index contributed by atoms with van der Waals surface area (Å²) in [6, 6.07) is 6.89. The van der Waals surface area contributed by atoms with Crippen LogP contribution in [0.5, 0.6) is 0 Å². The number of imidazole rings is 1. The molecular weight excluding hydrogens is 258 g/mol. The highest BCUT2D eigenvalue weighted by molar-refractivity contribution is 5.33. The molecule has 0 radical (unpaired) electrons. The largest absolute Gasteiger partial charge is 0.336 e. The van der Waals surface area contributed by atoms with Crippen molar-refractivity contribution in [2.75, 3.05) is 0 Å². The van der Waals surface area contributed by atoms with Crippen molar-refractivity contribution in [3.05, 3.63) is 53.6 Å². The van der Waals surface area contributed by atoms with Crippen molar-refractivity contribution >= 4 is 0 Å². The third-order valence-electron chi connectivity index (χ3n) is 4.17. The smallest absolute Gasteiger partial charge is 0.0946 e. The Hall–Kier alpha value is -1.61. The van der Waals surface area contributed by atoms with Crippen molar-refractivity contribution in [3.8, 4) is 0 Å². The van der Waals surface area contributed by atoms with E-state index in [1.165, 1.54) is 16.7 Å². The predicted molar refractivity (Wildman–Crippen MR) is 88.2 cm³/mol. The number of rotatable bonds is 5. The van der Waals surface area contributed by atoms with Gasteiger partial charge in [-0.15, -0.1) is 0 Å². The van der Waals surface area contributed by atoms with Crippen LogP contribution in [0, 0.1) is 19.3 Å². The number of hydrogen-bond donors (Lipinski definition) is 1. The van der Waals surface area contributed by atoms with E-state index in [0.717, 1.165) is 13.1 Å². The molecule has 0 aliphatic heterocycles. The molecule has 1 aromatic heterocycles. The second-order valence-corrected chi connectivity index (χ2v) is 6.93. The van der Waals surface area contributed by atoms with Gasteiger partial charge in [0.25, 0.3) is 0 Å². The predicted octanol–water partition coefficient (Wildman–Crippen LogP) is 3.70. The molecule has 0 aliphatic rings. The van der Waals surface area contributed by atoms with Gasteiger partial charge in [-0.25, -0.2) is 4.98 Å². The van der Waals surface area contributed by atoms with Crippen LogP contribution in [0.1, 0.15) is 37.5 Å². The molecule has 1 unspecified atom stereocenters. The third-order valence-corrected chi connectivity index (χ3v) is 4.17. The highest BCUT2D eigenvalue weighted by Crippen LogP contribution is 2.22. The van der Waals surface area contributed by atoms with E-state index in [2.05, 4.69) is 67.7 Å². The van der Waals surface area contributed by atoms with E-state index >= 15 is 0 Å². The van der Waals surface area contributed by atoms with Crippen LogP contribution in [0.4, 0.5) is 0 Å². The summed E-state index contributed by atoms with van der Waals surface area (Å²) in [5.41, 5.74) is 4.33. The molecule has 2 aromatic rings. The van der Waals surface area contributed by atoms with Crippen LogP contribution in [0.3, 0.4) is 0 Å². The van der Waals surface area contributed by atoms with E-state index in [0.29, 0.717) is 6.04 Å². The van der Waals surface area contributed by atoms with Gasteiger partial charge in [0.1, 0.15) is 0 Å². The Labute approximate surface area is 128 Å². The fourth-order valence-electron chi connectivity index (χ4n) is 2.60. The first-order valence-corrected chi connectivity index (χ1v) is 7.62. The normalized spacial score (nSPS) is 13.4. The fraction of sp³-hybridized carbons (Fsp3) is 0.500. The molecule has 1 aromatic carbocycles. The van der Waals surface area contributed by atoms with Gasteiger partial charge in [-0.2, -0.15) is 0 Å². The van der Waals surface area contributed by atoms with Crippen LogP contribution in [0.25, 0.3) is 0 Å². The molecule has 0 bridgehead atoms. The van der Waals surface area contributed by atoms with E-state index in [1.54, 1.807) is 0 Å². The number of aromatic nitrogens is 2. The maximum atomic E-state index is 4.14. The zero-order valence-electron chi connectivity index (χ0n) is 13.9. The monoisotopic (exact) mass is 285 g/mol. The van der Waals surface area contributed by atoms with Gasteiger partial charge in [-0.1, -0.05) is 39.0 Å². The van der Waals surface area contributed by atoms with Gasteiger partial charge in [0.2, 0.25) is 0 Å². The second kappa shape index (κ2) is 6.44. The molecule has 1 heterocycles. The van der Waals surface area contributed by atoms with Gasteiger partial charge in [0.15, 0.2) is 0 Å². The van der Waals surface area contributed by atoms with Crippen molar-refractivity contribution in [2.45, 2.75) is 53.8 Å². The van der Waals surface area contributed by atoms with E-state index in [1.807, 2.05) is 18.7 Å². The van der Waals surface area contributed by atoms with Crippen molar-refractivity contribution in [2.24, 2.45) is 5.41 Å². The van der Waals surface area contributed by atoms with Crippen LogP contribution in [0.15, 0.2) is 36.9 Å². The molecule has 0 saturated heterocycles. The first kappa shape index (κ1) is 15.8. The van der Waals surface area contributed by atoms with Gasteiger partial charge in [0.05, 0.1) is 6.33 Å². The summed E-state index contributed by atoms with van der Waals surface area (Å²) < 4.78 is 2.15. The number of nitrogens with one attached hydrogen (secondary N) is 1. The lowest BCUT2D eigenvalue weighted by molar-refractivity contribution is 0.240. The molecule has 114 valence electrons. The molecular formula is C18H27N3. The summed E-state index contributed by atoms with van der Waals surface area (Å²) in [5, 5.41) is 3.75. The first-order chi connectivity index (χ1) is 9.88. The minimum absolute atomic E-state index is 0.195. The molecule has 2 rings (SSSR count). The standard InChI is InChI=1S/C18H27N3/c1-14-7-6-8-15(2)16(14)11-20-17(18(3,4)5)12-21-10-9-19-13-21/h6-10,13,17,20H,11-12H2,1-5H3. The number of nitrogens with zero attached hydrogens (tertiary/aromatic N) is 2. The van der Waals surface area contributed by atoms with Crippen LogP contribution < -0.4 is 5.32 Å². The maximum Gasteiger partial charge on any atom is 0.0946 e. The van der Waals surface area contributed by atoms with E-state index in [-0.39, 0.29) is 5.41 Å². The lowest BCUT2D eigenvalue weighted by Crippen LogP contribution is -2.43. The minimum atomic E-state index is 0.195. The van der Waals surface area contributed by atoms with Gasteiger partial charge < -0.3 is 9.88 Å². The first-order valence-electron chi connectivity index (χ1n) is 7.62. The molecule has 0 amide bonds. The van der Waals surface area contributed by atoms with E-state index in [4.69, 9.17) is 0 Å².